The Hall–Kier alpha value is -4.62. The van der Waals surface area contributed by atoms with E-state index >= 15 is 0 Å². The number of pyridine rings is 1. The Kier molecular flexibility index (Phi) is 6.42. The van der Waals surface area contributed by atoms with Crippen LogP contribution in [0.3, 0.4) is 0 Å². The number of para-hydroxylation sites is 1. The number of benzene rings is 3. The summed E-state index contributed by atoms with van der Waals surface area (Å²) < 4.78 is 18.3. The maximum atomic E-state index is 13.2. The minimum Gasteiger partial charge on any atom is -0.491 e. The zero-order valence-electron chi connectivity index (χ0n) is 22.1. The van der Waals surface area contributed by atoms with Crippen molar-refractivity contribution in [1.29, 1.82) is 0 Å². The first-order valence-corrected chi connectivity index (χ1v) is 13.7. The quantitative estimate of drug-likeness (QED) is 0.263. The number of rotatable bonds is 7. The average Bonchev–Trinajstić information content (AvgIpc) is 3.40. The van der Waals surface area contributed by atoms with Crippen LogP contribution in [0.5, 0.6) is 5.75 Å². The van der Waals surface area contributed by atoms with Gasteiger partial charge < -0.3 is 24.1 Å². The maximum absolute atomic E-state index is 13.2. The number of aromatic nitrogens is 1. The lowest BCUT2D eigenvalue weighted by molar-refractivity contribution is 0.121. The maximum Gasteiger partial charge on any atom is 0.200 e. The van der Waals surface area contributed by atoms with Crippen molar-refractivity contribution >= 4 is 22.5 Å². The van der Waals surface area contributed by atoms with Crippen molar-refractivity contribution in [2.45, 2.75) is 6.42 Å². The molecule has 0 unspecified atom stereocenters. The molecule has 40 heavy (non-hydrogen) atoms. The Labute approximate surface area is 232 Å². The second-order valence-electron chi connectivity index (χ2n) is 10.0. The lowest BCUT2D eigenvalue weighted by Crippen LogP contribution is -2.36. The molecule has 0 saturated carbocycles. The summed E-state index contributed by atoms with van der Waals surface area (Å²) in [6.07, 6.45) is 4.35. The number of fused-ring (bicyclic) bond motifs is 4. The summed E-state index contributed by atoms with van der Waals surface area (Å²) >= 11 is 0. The average molecular weight is 532 g/mol. The van der Waals surface area contributed by atoms with E-state index in [4.69, 9.17) is 13.9 Å². The molecule has 5 aromatic rings. The van der Waals surface area contributed by atoms with Gasteiger partial charge in [0.15, 0.2) is 11.3 Å². The van der Waals surface area contributed by atoms with Crippen LogP contribution in [0.2, 0.25) is 0 Å². The van der Waals surface area contributed by atoms with E-state index in [-0.39, 0.29) is 5.43 Å². The SMILES string of the molecule is O=c1cc(N2CCOCC2)oc2c(-c3ccc(OCCNc4cccnc4)c4c3Cc3ccccc3-4)cccc12. The number of hydrogen-bond acceptors (Lipinski definition) is 7. The molecule has 1 saturated heterocycles. The first-order chi connectivity index (χ1) is 19.8. The van der Waals surface area contributed by atoms with E-state index in [9.17, 15) is 4.79 Å². The normalized spacial score (nSPS) is 14.2. The molecule has 1 fully saturated rings. The minimum atomic E-state index is -0.0365. The third-order valence-electron chi connectivity index (χ3n) is 7.63. The second-order valence-corrected chi connectivity index (χ2v) is 10.0. The first-order valence-electron chi connectivity index (χ1n) is 13.7. The van der Waals surface area contributed by atoms with E-state index < -0.39 is 0 Å². The van der Waals surface area contributed by atoms with E-state index in [0.717, 1.165) is 34.5 Å². The minimum absolute atomic E-state index is 0.0365. The highest BCUT2D eigenvalue weighted by atomic mass is 16.5. The van der Waals surface area contributed by atoms with Gasteiger partial charge in [0.2, 0.25) is 0 Å². The predicted molar refractivity (Wildman–Crippen MR) is 157 cm³/mol. The summed E-state index contributed by atoms with van der Waals surface area (Å²) in [6, 6.07) is 24.0. The van der Waals surface area contributed by atoms with Crippen molar-refractivity contribution in [3.63, 3.8) is 0 Å². The Morgan fingerprint density at radius 2 is 1.80 bits per heavy atom. The Morgan fingerprint density at radius 1 is 0.925 bits per heavy atom. The molecule has 2 aliphatic rings. The Bertz CT molecular complexity index is 1740. The first kappa shape index (κ1) is 24.4. The standard InChI is InChI=1S/C33H29N3O4/c37-29-20-31(36-14-17-38-18-15-36)40-33-26(8-3-9-27(29)33)25-10-11-30(39-16-13-35-23-6-4-12-34-21-23)32-24-7-2-1-5-22(24)19-28(25)32/h1-12,20-21,35H,13-19H2. The Balaban J connectivity index is 1.28. The molecule has 1 aliphatic heterocycles. The van der Waals surface area contributed by atoms with Crippen molar-refractivity contribution in [3.05, 3.63) is 107 Å². The van der Waals surface area contributed by atoms with Crippen LogP contribution in [0.25, 0.3) is 33.2 Å². The topological polar surface area (TPSA) is 76.8 Å². The van der Waals surface area contributed by atoms with Crippen molar-refractivity contribution in [2.24, 2.45) is 0 Å². The van der Waals surface area contributed by atoms with Crippen LogP contribution >= 0.6 is 0 Å². The van der Waals surface area contributed by atoms with Crippen molar-refractivity contribution < 1.29 is 13.9 Å². The number of morpholine rings is 1. The van der Waals surface area contributed by atoms with Crippen molar-refractivity contribution in [2.75, 3.05) is 49.7 Å². The predicted octanol–water partition coefficient (Wildman–Crippen LogP) is 5.75. The molecule has 7 rings (SSSR count). The fraction of sp³-hybridized carbons (Fsp3) is 0.212. The van der Waals surface area contributed by atoms with E-state index in [0.29, 0.717) is 56.3 Å². The fourth-order valence-electron chi connectivity index (χ4n) is 5.73. The third kappa shape index (κ3) is 4.48. The van der Waals surface area contributed by atoms with Crippen molar-refractivity contribution in [3.8, 4) is 28.0 Å². The van der Waals surface area contributed by atoms with Gasteiger partial charge in [0, 0.05) is 49.2 Å². The highest BCUT2D eigenvalue weighted by Crippen LogP contribution is 2.47. The zero-order chi connectivity index (χ0) is 26.9. The van der Waals surface area contributed by atoms with Crippen molar-refractivity contribution in [1.82, 2.24) is 4.98 Å². The molecular formula is C33H29N3O4. The van der Waals surface area contributed by atoms with Gasteiger partial charge in [-0.25, -0.2) is 0 Å². The van der Waals surface area contributed by atoms with Crippen LogP contribution < -0.4 is 20.4 Å². The van der Waals surface area contributed by atoms with E-state index in [1.54, 1.807) is 18.5 Å². The summed E-state index contributed by atoms with van der Waals surface area (Å²) in [7, 11) is 0. The van der Waals surface area contributed by atoms with Crippen LogP contribution in [0, 0.1) is 0 Å². The lowest BCUT2D eigenvalue weighted by Gasteiger charge is -2.27. The fourth-order valence-corrected chi connectivity index (χ4v) is 5.73. The van der Waals surface area contributed by atoms with Gasteiger partial charge in [-0.1, -0.05) is 42.5 Å². The molecule has 0 amide bonds. The molecule has 0 bridgehead atoms. The van der Waals surface area contributed by atoms with Gasteiger partial charge in [-0.15, -0.1) is 0 Å². The molecule has 0 spiro atoms. The zero-order valence-corrected chi connectivity index (χ0v) is 22.1. The lowest BCUT2D eigenvalue weighted by atomic mass is 9.93. The molecule has 2 aromatic heterocycles. The molecule has 3 heterocycles. The molecule has 7 heteroatoms. The van der Waals surface area contributed by atoms with Gasteiger partial charge >= 0.3 is 0 Å². The number of anilines is 2. The molecular weight excluding hydrogens is 502 g/mol. The summed E-state index contributed by atoms with van der Waals surface area (Å²) in [4.78, 5) is 19.4. The van der Waals surface area contributed by atoms with Gasteiger partial charge in [0.1, 0.15) is 17.9 Å². The van der Waals surface area contributed by atoms with Gasteiger partial charge in [-0.3, -0.25) is 9.78 Å². The summed E-state index contributed by atoms with van der Waals surface area (Å²) in [6.45, 7) is 3.80. The molecule has 1 aliphatic carbocycles. The molecule has 0 atom stereocenters. The van der Waals surface area contributed by atoms with Gasteiger partial charge in [0.05, 0.1) is 24.3 Å². The van der Waals surface area contributed by atoms with Crippen LogP contribution in [0.15, 0.2) is 94.4 Å². The second kappa shape index (κ2) is 10.5. The van der Waals surface area contributed by atoms with Crippen LogP contribution in [0.4, 0.5) is 11.6 Å². The molecule has 200 valence electrons. The van der Waals surface area contributed by atoms with Gasteiger partial charge in [-0.2, -0.15) is 0 Å². The summed E-state index contributed by atoms with van der Waals surface area (Å²) in [5.41, 5.74) is 8.26. The van der Waals surface area contributed by atoms with Crippen LogP contribution in [-0.4, -0.2) is 44.4 Å². The van der Waals surface area contributed by atoms with E-state index in [1.807, 2.05) is 36.4 Å². The summed E-state index contributed by atoms with van der Waals surface area (Å²) in [5, 5.41) is 3.94. The van der Waals surface area contributed by atoms with Gasteiger partial charge in [-0.05, 0) is 52.9 Å². The van der Waals surface area contributed by atoms with Crippen LogP contribution in [0.1, 0.15) is 11.1 Å². The summed E-state index contributed by atoms with van der Waals surface area (Å²) in [5.74, 6) is 1.45. The van der Waals surface area contributed by atoms with E-state index in [2.05, 4.69) is 45.5 Å². The third-order valence-corrected chi connectivity index (χ3v) is 7.63. The number of ether oxygens (including phenoxy) is 2. The molecule has 1 N–H and O–H groups in total. The number of nitrogens with one attached hydrogen (secondary N) is 1. The van der Waals surface area contributed by atoms with Gasteiger partial charge in [0.25, 0.3) is 0 Å². The highest BCUT2D eigenvalue weighted by Gasteiger charge is 2.27. The smallest absolute Gasteiger partial charge is 0.200 e. The number of hydrogen-bond donors (Lipinski definition) is 1. The van der Waals surface area contributed by atoms with E-state index in [1.165, 1.54) is 16.7 Å². The molecule has 3 aromatic carbocycles. The Morgan fingerprint density at radius 3 is 2.67 bits per heavy atom. The largest absolute Gasteiger partial charge is 0.491 e. The number of nitrogens with zero attached hydrogens (tertiary/aromatic N) is 2. The van der Waals surface area contributed by atoms with Crippen LogP contribution in [-0.2, 0) is 11.2 Å². The molecule has 7 nitrogen and oxygen atoms in total. The monoisotopic (exact) mass is 531 g/mol. The molecule has 0 radical (unpaired) electrons. The highest BCUT2D eigenvalue weighted by molar-refractivity contribution is 5.97.